The molecule has 1 fully saturated rings. The van der Waals surface area contributed by atoms with Gasteiger partial charge in [0.25, 0.3) is 0 Å². The molecule has 0 bridgehead atoms. The summed E-state index contributed by atoms with van der Waals surface area (Å²) in [7, 11) is 0. The van der Waals surface area contributed by atoms with Gasteiger partial charge in [0.05, 0.1) is 0 Å². The van der Waals surface area contributed by atoms with Gasteiger partial charge in [-0.1, -0.05) is 6.07 Å². The predicted molar refractivity (Wildman–Crippen MR) is 58.1 cm³/mol. The van der Waals surface area contributed by atoms with Crippen LogP contribution in [0.15, 0.2) is 23.1 Å². The first kappa shape index (κ1) is 9.99. The second kappa shape index (κ2) is 3.91. The molecule has 2 rings (SSSR count). The molecule has 0 amide bonds. The number of benzene rings is 1. The van der Waals surface area contributed by atoms with Crippen molar-refractivity contribution in [3.8, 4) is 0 Å². The molecule has 0 aromatic heterocycles. The molecule has 0 saturated heterocycles. The number of halogens is 1. The van der Waals surface area contributed by atoms with Crippen LogP contribution in [0.25, 0.3) is 0 Å². The first-order valence-corrected chi connectivity index (χ1v) is 6.02. The smallest absolute Gasteiger partial charge is 0.137 e. The van der Waals surface area contributed by atoms with Crippen molar-refractivity contribution in [1.29, 1.82) is 0 Å². The highest BCUT2D eigenvalue weighted by Crippen LogP contribution is 2.36. The van der Waals surface area contributed by atoms with E-state index in [4.69, 9.17) is 5.73 Å². The molecule has 0 radical (unpaired) electrons. The summed E-state index contributed by atoms with van der Waals surface area (Å²) in [6.07, 6.45) is 3.88. The van der Waals surface area contributed by atoms with Crippen LogP contribution in [0.3, 0.4) is 0 Å². The largest absolute Gasteiger partial charge is 0.328 e. The van der Waals surface area contributed by atoms with Crippen molar-refractivity contribution in [3.05, 3.63) is 29.6 Å². The zero-order chi connectivity index (χ0) is 10.1. The molecule has 3 heteroatoms. The highest BCUT2D eigenvalue weighted by atomic mass is 32.2. The Morgan fingerprint density at radius 1 is 1.43 bits per heavy atom. The average molecular weight is 211 g/mol. The van der Waals surface area contributed by atoms with Crippen LogP contribution in [-0.4, -0.2) is 12.3 Å². The van der Waals surface area contributed by atoms with Crippen LogP contribution >= 0.6 is 11.8 Å². The average Bonchev–Trinajstić information content (AvgIpc) is 2.13. The third kappa shape index (κ3) is 1.79. The first-order valence-electron chi connectivity index (χ1n) is 4.79. The van der Waals surface area contributed by atoms with E-state index in [1.807, 2.05) is 18.4 Å². The van der Waals surface area contributed by atoms with Crippen molar-refractivity contribution in [2.45, 2.75) is 29.7 Å². The second-order valence-electron chi connectivity index (χ2n) is 3.82. The minimum Gasteiger partial charge on any atom is -0.328 e. The zero-order valence-electron chi connectivity index (χ0n) is 8.16. The quantitative estimate of drug-likeness (QED) is 0.761. The van der Waals surface area contributed by atoms with Crippen molar-refractivity contribution in [2.75, 3.05) is 6.26 Å². The number of thioether (sulfide) groups is 1. The lowest BCUT2D eigenvalue weighted by atomic mass is 9.76. The van der Waals surface area contributed by atoms with Crippen molar-refractivity contribution >= 4 is 11.8 Å². The van der Waals surface area contributed by atoms with Gasteiger partial charge in [-0.15, -0.1) is 11.8 Å². The minimum atomic E-state index is -0.101. The Labute approximate surface area is 87.9 Å². The van der Waals surface area contributed by atoms with Gasteiger partial charge in [0.15, 0.2) is 0 Å². The molecule has 1 aliphatic carbocycles. The summed E-state index contributed by atoms with van der Waals surface area (Å²) in [5.41, 5.74) is 6.80. The van der Waals surface area contributed by atoms with E-state index in [0.717, 1.165) is 23.3 Å². The van der Waals surface area contributed by atoms with Crippen LogP contribution < -0.4 is 5.73 Å². The standard InChI is InChI=1S/C11H14FNS/c1-14-11-3-2-7(6-10(11)12)8-4-9(13)5-8/h2-3,6,8-9H,4-5,13H2,1H3. The Morgan fingerprint density at radius 3 is 2.64 bits per heavy atom. The van der Waals surface area contributed by atoms with Gasteiger partial charge in [-0.2, -0.15) is 0 Å². The molecule has 1 aliphatic rings. The summed E-state index contributed by atoms with van der Waals surface area (Å²) in [6, 6.07) is 5.86. The Morgan fingerprint density at radius 2 is 2.14 bits per heavy atom. The van der Waals surface area contributed by atoms with Crippen molar-refractivity contribution in [2.24, 2.45) is 5.73 Å². The fourth-order valence-electron chi connectivity index (χ4n) is 1.87. The summed E-state index contributed by atoms with van der Waals surface area (Å²) in [5.74, 6) is 0.380. The van der Waals surface area contributed by atoms with E-state index >= 15 is 0 Å². The maximum Gasteiger partial charge on any atom is 0.137 e. The summed E-state index contributed by atoms with van der Waals surface area (Å²) in [6.45, 7) is 0. The summed E-state index contributed by atoms with van der Waals surface area (Å²) in [5, 5.41) is 0. The Hall–Kier alpha value is -0.540. The molecule has 1 saturated carbocycles. The van der Waals surface area contributed by atoms with Gasteiger partial charge < -0.3 is 5.73 Å². The van der Waals surface area contributed by atoms with Crippen LogP contribution in [-0.2, 0) is 0 Å². The monoisotopic (exact) mass is 211 g/mol. The number of hydrogen-bond acceptors (Lipinski definition) is 2. The molecule has 2 N–H and O–H groups in total. The molecule has 1 aromatic rings. The topological polar surface area (TPSA) is 26.0 Å². The molecular weight excluding hydrogens is 197 g/mol. The minimum absolute atomic E-state index is 0.101. The number of rotatable bonds is 2. The van der Waals surface area contributed by atoms with E-state index in [2.05, 4.69) is 0 Å². The summed E-state index contributed by atoms with van der Waals surface area (Å²) < 4.78 is 13.4. The van der Waals surface area contributed by atoms with Gasteiger partial charge in [0.2, 0.25) is 0 Å². The fourth-order valence-corrected chi connectivity index (χ4v) is 2.33. The molecule has 0 aliphatic heterocycles. The lowest BCUT2D eigenvalue weighted by Gasteiger charge is -2.32. The van der Waals surface area contributed by atoms with E-state index in [0.29, 0.717) is 12.0 Å². The Bertz CT molecular complexity index is 334. The molecule has 14 heavy (non-hydrogen) atoms. The molecule has 0 atom stereocenters. The third-order valence-electron chi connectivity index (χ3n) is 2.82. The van der Waals surface area contributed by atoms with E-state index in [1.165, 1.54) is 11.8 Å². The van der Waals surface area contributed by atoms with E-state index in [1.54, 1.807) is 6.07 Å². The van der Waals surface area contributed by atoms with Crippen LogP contribution in [0.4, 0.5) is 4.39 Å². The number of hydrogen-bond donors (Lipinski definition) is 1. The van der Waals surface area contributed by atoms with Crippen LogP contribution in [0.2, 0.25) is 0 Å². The highest BCUT2D eigenvalue weighted by Gasteiger charge is 2.27. The molecule has 0 spiro atoms. The maximum atomic E-state index is 13.4. The van der Waals surface area contributed by atoms with Gasteiger partial charge in [0, 0.05) is 10.9 Å². The molecule has 76 valence electrons. The van der Waals surface area contributed by atoms with Crippen LogP contribution in [0.1, 0.15) is 24.3 Å². The van der Waals surface area contributed by atoms with E-state index in [-0.39, 0.29) is 5.82 Å². The molecule has 0 heterocycles. The molecule has 0 unspecified atom stereocenters. The van der Waals surface area contributed by atoms with Crippen LogP contribution in [0.5, 0.6) is 0 Å². The van der Waals surface area contributed by atoms with Crippen molar-refractivity contribution < 1.29 is 4.39 Å². The molecule has 1 nitrogen and oxygen atoms in total. The lowest BCUT2D eigenvalue weighted by Crippen LogP contribution is -2.34. The zero-order valence-corrected chi connectivity index (χ0v) is 8.98. The molecular formula is C11H14FNS. The SMILES string of the molecule is CSc1ccc(C2CC(N)C2)cc1F. The van der Waals surface area contributed by atoms with Gasteiger partial charge in [-0.3, -0.25) is 0 Å². The van der Waals surface area contributed by atoms with Crippen molar-refractivity contribution in [3.63, 3.8) is 0 Å². The Balaban J connectivity index is 2.16. The Kier molecular flexibility index (Phi) is 2.79. The third-order valence-corrected chi connectivity index (χ3v) is 3.59. The fraction of sp³-hybridized carbons (Fsp3) is 0.455. The van der Waals surface area contributed by atoms with Gasteiger partial charge in [0.1, 0.15) is 5.82 Å². The maximum absolute atomic E-state index is 13.4. The normalized spacial score (nSPS) is 25.9. The first-order chi connectivity index (χ1) is 6.70. The van der Waals surface area contributed by atoms with E-state index < -0.39 is 0 Å². The second-order valence-corrected chi connectivity index (χ2v) is 4.67. The predicted octanol–water partition coefficient (Wildman–Crippen LogP) is 2.75. The summed E-state index contributed by atoms with van der Waals surface area (Å²) in [4.78, 5) is 0.720. The van der Waals surface area contributed by atoms with E-state index in [9.17, 15) is 4.39 Å². The summed E-state index contributed by atoms with van der Waals surface area (Å²) >= 11 is 1.44. The van der Waals surface area contributed by atoms with Gasteiger partial charge >= 0.3 is 0 Å². The molecule has 1 aromatic carbocycles. The van der Waals surface area contributed by atoms with Gasteiger partial charge in [-0.05, 0) is 42.7 Å². The number of nitrogens with two attached hydrogens (primary N) is 1. The van der Waals surface area contributed by atoms with Gasteiger partial charge in [-0.25, -0.2) is 4.39 Å². The lowest BCUT2D eigenvalue weighted by molar-refractivity contribution is 0.350. The van der Waals surface area contributed by atoms with Crippen LogP contribution in [0, 0.1) is 5.82 Å². The highest BCUT2D eigenvalue weighted by molar-refractivity contribution is 7.98. The van der Waals surface area contributed by atoms with Crippen molar-refractivity contribution in [1.82, 2.24) is 0 Å².